The normalized spacial score (nSPS) is 15.1. The van der Waals surface area contributed by atoms with Crippen LogP contribution in [0.15, 0.2) is 30.3 Å². The SMILES string of the molecule is CCC(CC)NCC(C)(O)c1ccccc1. The molecule has 0 amide bonds. The van der Waals surface area contributed by atoms with E-state index in [0.29, 0.717) is 12.6 Å². The van der Waals surface area contributed by atoms with Crippen molar-refractivity contribution in [1.82, 2.24) is 5.32 Å². The van der Waals surface area contributed by atoms with Crippen LogP contribution in [0.5, 0.6) is 0 Å². The predicted molar refractivity (Wildman–Crippen MR) is 68.4 cm³/mol. The van der Waals surface area contributed by atoms with Crippen molar-refractivity contribution in [3.63, 3.8) is 0 Å². The van der Waals surface area contributed by atoms with Crippen molar-refractivity contribution >= 4 is 0 Å². The van der Waals surface area contributed by atoms with Crippen LogP contribution >= 0.6 is 0 Å². The Labute approximate surface area is 98.7 Å². The molecule has 0 aromatic heterocycles. The van der Waals surface area contributed by atoms with Crippen LogP contribution in [0.4, 0.5) is 0 Å². The number of aliphatic hydroxyl groups is 1. The molecule has 0 saturated heterocycles. The molecule has 1 aromatic rings. The fraction of sp³-hybridized carbons (Fsp3) is 0.571. The van der Waals surface area contributed by atoms with Crippen LogP contribution in [-0.2, 0) is 5.60 Å². The van der Waals surface area contributed by atoms with Gasteiger partial charge in [-0.15, -0.1) is 0 Å². The second-order valence-corrected chi connectivity index (χ2v) is 4.53. The van der Waals surface area contributed by atoms with Gasteiger partial charge in [0.2, 0.25) is 0 Å². The molecule has 16 heavy (non-hydrogen) atoms. The maximum absolute atomic E-state index is 10.4. The number of hydrogen-bond acceptors (Lipinski definition) is 2. The van der Waals surface area contributed by atoms with E-state index in [1.807, 2.05) is 37.3 Å². The van der Waals surface area contributed by atoms with Gasteiger partial charge in [-0.1, -0.05) is 44.2 Å². The Morgan fingerprint density at radius 3 is 2.25 bits per heavy atom. The fourth-order valence-electron chi connectivity index (χ4n) is 1.82. The highest BCUT2D eigenvalue weighted by molar-refractivity contribution is 5.21. The van der Waals surface area contributed by atoms with Gasteiger partial charge in [0, 0.05) is 12.6 Å². The van der Waals surface area contributed by atoms with Gasteiger partial charge in [-0.25, -0.2) is 0 Å². The summed E-state index contributed by atoms with van der Waals surface area (Å²) < 4.78 is 0. The molecule has 1 aromatic carbocycles. The number of hydrogen-bond donors (Lipinski definition) is 2. The zero-order valence-corrected chi connectivity index (χ0v) is 10.5. The molecular formula is C14H23NO. The lowest BCUT2D eigenvalue weighted by Crippen LogP contribution is -2.40. The predicted octanol–water partition coefficient (Wildman–Crippen LogP) is 2.67. The van der Waals surface area contributed by atoms with E-state index in [9.17, 15) is 5.11 Å². The van der Waals surface area contributed by atoms with E-state index >= 15 is 0 Å². The number of rotatable bonds is 6. The lowest BCUT2D eigenvalue weighted by molar-refractivity contribution is 0.0535. The first-order valence-corrected chi connectivity index (χ1v) is 6.11. The van der Waals surface area contributed by atoms with Gasteiger partial charge in [-0.2, -0.15) is 0 Å². The highest BCUT2D eigenvalue weighted by Gasteiger charge is 2.23. The van der Waals surface area contributed by atoms with Gasteiger partial charge in [0.1, 0.15) is 0 Å². The Bertz CT molecular complexity index is 291. The van der Waals surface area contributed by atoms with Crippen molar-refractivity contribution in [2.45, 2.75) is 45.3 Å². The third-order valence-electron chi connectivity index (χ3n) is 3.12. The van der Waals surface area contributed by atoms with Gasteiger partial charge in [-0.05, 0) is 25.3 Å². The molecule has 2 nitrogen and oxygen atoms in total. The van der Waals surface area contributed by atoms with Crippen molar-refractivity contribution in [2.75, 3.05) is 6.54 Å². The minimum Gasteiger partial charge on any atom is -0.384 e. The molecule has 0 saturated carbocycles. The Morgan fingerprint density at radius 2 is 1.75 bits per heavy atom. The summed E-state index contributed by atoms with van der Waals surface area (Å²) in [5, 5.41) is 13.8. The zero-order valence-electron chi connectivity index (χ0n) is 10.5. The molecule has 0 radical (unpaired) electrons. The van der Waals surface area contributed by atoms with E-state index in [0.717, 1.165) is 18.4 Å². The summed E-state index contributed by atoms with van der Waals surface area (Å²) in [5.74, 6) is 0. The lowest BCUT2D eigenvalue weighted by Gasteiger charge is -2.27. The molecule has 0 fully saturated rings. The smallest absolute Gasteiger partial charge is 0.0992 e. The standard InChI is InChI=1S/C14H23NO/c1-4-13(5-2)15-11-14(3,16)12-9-7-6-8-10-12/h6-10,13,15-16H,4-5,11H2,1-3H3. The summed E-state index contributed by atoms with van der Waals surface area (Å²) in [6.45, 7) is 6.79. The quantitative estimate of drug-likeness (QED) is 0.774. The van der Waals surface area contributed by atoms with Gasteiger partial charge in [0.15, 0.2) is 0 Å². The van der Waals surface area contributed by atoms with E-state index in [2.05, 4.69) is 19.2 Å². The second-order valence-electron chi connectivity index (χ2n) is 4.53. The second kappa shape index (κ2) is 6.02. The molecular weight excluding hydrogens is 198 g/mol. The Morgan fingerprint density at radius 1 is 1.19 bits per heavy atom. The summed E-state index contributed by atoms with van der Waals surface area (Å²) in [4.78, 5) is 0. The van der Waals surface area contributed by atoms with Crippen LogP contribution in [0.2, 0.25) is 0 Å². The number of benzene rings is 1. The topological polar surface area (TPSA) is 32.3 Å². The van der Waals surface area contributed by atoms with Gasteiger partial charge in [0.25, 0.3) is 0 Å². The molecule has 1 unspecified atom stereocenters. The maximum atomic E-state index is 10.4. The van der Waals surface area contributed by atoms with E-state index in [1.165, 1.54) is 0 Å². The van der Waals surface area contributed by atoms with E-state index in [-0.39, 0.29) is 0 Å². The summed E-state index contributed by atoms with van der Waals surface area (Å²) in [7, 11) is 0. The van der Waals surface area contributed by atoms with E-state index < -0.39 is 5.60 Å². The van der Waals surface area contributed by atoms with E-state index in [1.54, 1.807) is 0 Å². The van der Waals surface area contributed by atoms with Crippen LogP contribution in [0.1, 0.15) is 39.2 Å². The Kier molecular flexibility index (Phi) is 4.97. The van der Waals surface area contributed by atoms with Crippen molar-refractivity contribution in [3.05, 3.63) is 35.9 Å². The molecule has 0 heterocycles. The largest absolute Gasteiger partial charge is 0.384 e. The summed E-state index contributed by atoms with van der Waals surface area (Å²) in [6.07, 6.45) is 2.20. The minimum absolute atomic E-state index is 0.496. The number of nitrogens with one attached hydrogen (secondary N) is 1. The van der Waals surface area contributed by atoms with Gasteiger partial charge in [-0.3, -0.25) is 0 Å². The molecule has 0 bridgehead atoms. The fourth-order valence-corrected chi connectivity index (χ4v) is 1.82. The van der Waals surface area contributed by atoms with Gasteiger partial charge in [0.05, 0.1) is 5.60 Å². The highest BCUT2D eigenvalue weighted by Crippen LogP contribution is 2.19. The zero-order chi connectivity index (χ0) is 12.0. The van der Waals surface area contributed by atoms with Crippen molar-refractivity contribution in [2.24, 2.45) is 0 Å². The third-order valence-corrected chi connectivity index (χ3v) is 3.12. The third kappa shape index (κ3) is 3.62. The van der Waals surface area contributed by atoms with Crippen molar-refractivity contribution in [3.8, 4) is 0 Å². The minimum atomic E-state index is -0.788. The Hall–Kier alpha value is -0.860. The molecule has 0 aliphatic heterocycles. The molecule has 0 aliphatic rings. The van der Waals surface area contributed by atoms with Crippen LogP contribution in [0.25, 0.3) is 0 Å². The first-order valence-electron chi connectivity index (χ1n) is 6.11. The molecule has 2 heteroatoms. The van der Waals surface area contributed by atoms with E-state index in [4.69, 9.17) is 0 Å². The molecule has 0 aliphatic carbocycles. The maximum Gasteiger partial charge on any atom is 0.0992 e. The summed E-state index contributed by atoms with van der Waals surface area (Å²) in [6, 6.07) is 10.3. The average Bonchev–Trinajstić information content (AvgIpc) is 2.31. The first-order chi connectivity index (χ1) is 7.60. The van der Waals surface area contributed by atoms with Crippen molar-refractivity contribution < 1.29 is 5.11 Å². The molecule has 1 atom stereocenters. The van der Waals surface area contributed by atoms with Gasteiger partial charge >= 0.3 is 0 Å². The first kappa shape index (κ1) is 13.2. The monoisotopic (exact) mass is 221 g/mol. The molecule has 1 rings (SSSR count). The lowest BCUT2D eigenvalue weighted by atomic mass is 9.95. The molecule has 0 spiro atoms. The summed E-state index contributed by atoms with van der Waals surface area (Å²) in [5.41, 5.74) is 0.178. The molecule has 90 valence electrons. The van der Waals surface area contributed by atoms with Crippen molar-refractivity contribution in [1.29, 1.82) is 0 Å². The van der Waals surface area contributed by atoms with Crippen LogP contribution in [-0.4, -0.2) is 17.7 Å². The summed E-state index contributed by atoms with van der Waals surface area (Å²) >= 11 is 0. The highest BCUT2D eigenvalue weighted by atomic mass is 16.3. The average molecular weight is 221 g/mol. The molecule has 2 N–H and O–H groups in total. The van der Waals surface area contributed by atoms with Crippen LogP contribution < -0.4 is 5.32 Å². The Balaban J connectivity index is 2.58. The van der Waals surface area contributed by atoms with Crippen LogP contribution in [0.3, 0.4) is 0 Å². The van der Waals surface area contributed by atoms with Gasteiger partial charge < -0.3 is 10.4 Å². The van der Waals surface area contributed by atoms with Crippen LogP contribution in [0, 0.1) is 0 Å².